The molecule has 3 nitrogen and oxygen atoms in total. The largest absolute Gasteiger partial charge is 0.497 e. The summed E-state index contributed by atoms with van der Waals surface area (Å²) in [5.74, 6) is 1.66. The Kier molecular flexibility index (Phi) is 3.61. The average molecular weight is 270 g/mol. The Hall–Kier alpha value is -2.00. The van der Waals surface area contributed by atoms with Crippen LogP contribution in [0, 0.1) is 0 Å². The molecule has 1 aliphatic carbocycles. The van der Waals surface area contributed by atoms with Gasteiger partial charge in [0.2, 0.25) is 0 Å². The summed E-state index contributed by atoms with van der Waals surface area (Å²) in [6.45, 7) is 0. The predicted molar refractivity (Wildman–Crippen MR) is 77.1 cm³/mol. The highest BCUT2D eigenvalue weighted by Gasteiger charge is 2.23. The van der Waals surface area contributed by atoms with Crippen molar-refractivity contribution in [2.24, 2.45) is 0 Å². The Bertz CT molecular complexity index is 556. The maximum atomic E-state index is 10.4. The molecule has 20 heavy (non-hydrogen) atoms. The smallest absolute Gasteiger partial charge is 0.119 e. The average Bonchev–Trinajstić information content (AvgIpc) is 3.31. The Morgan fingerprint density at radius 3 is 1.85 bits per heavy atom. The van der Waals surface area contributed by atoms with E-state index in [-0.39, 0.29) is 0 Å². The molecule has 2 aromatic carbocycles. The third kappa shape index (κ3) is 2.94. The van der Waals surface area contributed by atoms with Gasteiger partial charge in [-0.25, -0.2) is 0 Å². The number of benzene rings is 2. The van der Waals surface area contributed by atoms with Crippen molar-refractivity contribution in [1.82, 2.24) is 0 Å². The van der Waals surface area contributed by atoms with Crippen LogP contribution in [0.25, 0.3) is 0 Å². The topological polar surface area (TPSA) is 38.7 Å². The predicted octanol–water partition coefficient (Wildman–Crippen LogP) is 3.32. The first-order chi connectivity index (χ1) is 9.76. The summed E-state index contributed by atoms with van der Waals surface area (Å²) in [4.78, 5) is 0. The van der Waals surface area contributed by atoms with Gasteiger partial charge in [-0.3, -0.25) is 0 Å². The maximum Gasteiger partial charge on any atom is 0.119 e. The highest BCUT2D eigenvalue weighted by atomic mass is 16.5. The van der Waals surface area contributed by atoms with Crippen LogP contribution in [0.4, 0.5) is 0 Å². The van der Waals surface area contributed by atoms with E-state index in [4.69, 9.17) is 9.47 Å². The number of hydrogen-bond acceptors (Lipinski definition) is 3. The van der Waals surface area contributed by atoms with Crippen molar-refractivity contribution in [3.05, 3.63) is 59.7 Å². The van der Waals surface area contributed by atoms with Crippen LogP contribution >= 0.6 is 0 Å². The lowest BCUT2D eigenvalue weighted by Gasteiger charge is -2.13. The van der Waals surface area contributed by atoms with Gasteiger partial charge in [-0.05, 0) is 48.2 Å². The molecule has 0 bridgehead atoms. The fourth-order valence-electron chi connectivity index (χ4n) is 2.09. The molecule has 1 fully saturated rings. The van der Waals surface area contributed by atoms with E-state index in [9.17, 15) is 5.11 Å². The van der Waals surface area contributed by atoms with E-state index in [1.165, 1.54) is 0 Å². The van der Waals surface area contributed by atoms with Crippen LogP contribution in [0.15, 0.2) is 48.5 Å². The zero-order valence-electron chi connectivity index (χ0n) is 11.5. The number of methoxy groups -OCH3 is 1. The van der Waals surface area contributed by atoms with Crippen molar-refractivity contribution >= 4 is 0 Å². The van der Waals surface area contributed by atoms with Gasteiger partial charge >= 0.3 is 0 Å². The summed E-state index contributed by atoms with van der Waals surface area (Å²) >= 11 is 0. The summed E-state index contributed by atoms with van der Waals surface area (Å²) < 4.78 is 10.8. The number of rotatable bonds is 5. The first kappa shape index (κ1) is 13.0. The fraction of sp³-hybridized carbons (Fsp3) is 0.294. The first-order valence-corrected chi connectivity index (χ1v) is 6.85. The summed E-state index contributed by atoms with van der Waals surface area (Å²) in [5, 5.41) is 10.4. The van der Waals surface area contributed by atoms with Crippen LogP contribution in [0.2, 0.25) is 0 Å². The molecule has 0 saturated heterocycles. The molecule has 3 rings (SSSR count). The number of aliphatic hydroxyl groups is 1. The van der Waals surface area contributed by atoms with Gasteiger partial charge in [-0.1, -0.05) is 24.3 Å². The molecule has 1 unspecified atom stereocenters. The van der Waals surface area contributed by atoms with Gasteiger partial charge in [0.15, 0.2) is 0 Å². The van der Waals surface area contributed by atoms with Crippen LogP contribution < -0.4 is 9.47 Å². The zero-order valence-corrected chi connectivity index (χ0v) is 11.5. The molecule has 104 valence electrons. The number of ether oxygens (including phenoxy) is 2. The molecule has 1 atom stereocenters. The molecule has 3 heteroatoms. The van der Waals surface area contributed by atoms with Crippen molar-refractivity contribution in [1.29, 1.82) is 0 Å². The van der Waals surface area contributed by atoms with Gasteiger partial charge in [0.05, 0.1) is 13.2 Å². The molecule has 0 amide bonds. The second-order valence-electron chi connectivity index (χ2n) is 5.06. The normalized spacial score (nSPS) is 15.7. The summed E-state index contributed by atoms with van der Waals surface area (Å²) in [6.07, 6.45) is 2.06. The van der Waals surface area contributed by atoms with Gasteiger partial charge in [0.25, 0.3) is 0 Å². The molecule has 1 saturated carbocycles. The lowest BCUT2D eigenvalue weighted by Crippen LogP contribution is -2.00. The van der Waals surface area contributed by atoms with E-state index in [1.807, 2.05) is 48.5 Å². The molecular formula is C17H18O3. The monoisotopic (exact) mass is 270 g/mol. The first-order valence-electron chi connectivity index (χ1n) is 6.85. The van der Waals surface area contributed by atoms with Crippen molar-refractivity contribution in [2.75, 3.05) is 7.11 Å². The molecule has 0 heterocycles. The van der Waals surface area contributed by atoms with Crippen LogP contribution in [0.1, 0.15) is 30.1 Å². The molecule has 0 spiro atoms. The van der Waals surface area contributed by atoms with Gasteiger partial charge in [-0.2, -0.15) is 0 Å². The summed E-state index contributed by atoms with van der Waals surface area (Å²) in [7, 11) is 1.63. The highest BCUT2D eigenvalue weighted by molar-refractivity contribution is 5.36. The van der Waals surface area contributed by atoms with Crippen LogP contribution in [0.5, 0.6) is 11.5 Å². The number of hydrogen-bond donors (Lipinski definition) is 1. The standard InChI is InChI=1S/C17H18O3/c1-19-14-6-2-12(3-7-14)17(18)13-4-8-15(9-5-13)20-16-10-11-16/h2-9,16-18H,10-11H2,1H3. The molecule has 0 aliphatic heterocycles. The van der Waals surface area contributed by atoms with Crippen LogP contribution in [-0.4, -0.2) is 18.3 Å². The SMILES string of the molecule is COc1ccc(C(O)c2ccc(OC3CC3)cc2)cc1. The summed E-state index contributed by atoms with van der Waals surface area (Å²) in [5.41, 5.74) is 1.71. The third-order valence-corrected chi connectivity index (χ3v) is 3.45. The van der Waals surface area contributed by atoms with Gasteiger partial charge in [0.1, 0.15) is 17.6 Å². The minimum atomic E-state index is -0.629. The van der Waals surface area contributed by atoms with Gasteiger partial charge < -0.3 is 14.6 Å². The maximum absolute atomic E-state index is 10.4. The van der Waals surface area contributed by atoms with Crippen LogP contribution in [-0.2, 0) is 0 Å². The second-order valence-corrected chi connectivity index (χ2v) is 5.06. The molecule has 1 N–H and O–H groups in total. The Balaban J connectivity index is 1.72. The Morgan fingerprint density at radius 2 is 1.40 bits per heavy atom. The van der Waals surface area contributed by atoms with E-state index in [0.29, 0.717) is 6.10 Å². The Morgan fingerprint density at radius 1 is 0.900 bits per heavy atom. The Labute approximate surface area is 118 Å². The minimum absolute atomic E-state index is 0.396. The van der Waals surface area contributed by atoms with E-state index < -0.39 is 6.10 Å². The summed E-state index contributed by atoms with van der Waals surface area (Å²) in [6, 6.07) is 15.1. The molecule has 0 radical (unpaired) electrons. The van der Waals surface area contributed by atoms with E-state index in [1.54, 1.807) is 7.11 Å². The van der Waals surface area contributed by atoms with Crippen molar-refractivity contribution in [3.63, 3.8) is 0 Å². The molecular weight excluding hydrogens is 252 g/mol. The molecule has 0 aromatic heterocycles. The second kappa shape index (κ2) is 5.55. The van der Waals surface area contributed by atoms with Gasteiger partial charge in [0, 0.05) is 0 Å². The third-order valence-electron chi connectivity index (χ3n) is 3.45. The quantitative estimate of drug-likeness (QED) is 0.905. The van der Waals surface area contributed by atoms with Crippen LogP contribution in [0.3, 0.4) is 0 Å². The van der Waals surface area contributed by atoms with Crippen molar-refractivity contribution in [3.8, 4) is 11.5 Å². The lowest BCUT2D eigenvalue weighted by molar-refractivity contribution is 0.220. The molecule has 2 aromatic rings. The highest BCUT2D eigenvalue weighted by Crippen LogP contribution is 2.29. The zero-order chi connectivity index (χ0) is 13.9. The van der Waals surface area contributed by atoms with E-state index in [0.717, 1.165) is 35.5 Å². The lowest BCUT2D eigenvalue weighted by atomic mass is 10.0. The molecule has 1 aliphatic rings. The van der Waals surface area contributed by atoms with Crippen molar-refractivity contribution in [2.45, 2.75) is 25.0 Å². The van der Waals surface area contributed by atoms with E-state index >= 15 is 0 Å². The van der Waals surface area contributed by atoms with Crippen molar-refractivity contribution < 1.29 is 14.6 Å². The fourth-order valence-corrected chi connectivity index (χ4v) is 2.09. The number of aliphatic hydroxyl groups excluding tert-OH is 1. The van der Waals surface area contributed by atoms with E-state index in [2.05, 4.69) is 0 Å². The minimum Gasteiger partial charge on any atom is -0.497 e. The van der Waals surface area contributed by atoms with Gasteiger partial charge in [-0.15, -0.1) is 0 Å².